The molecule has 2 heterocycles. The first kappa shape index (κ1) is 20.5. The number of aliphatic hydroxyl groups is 1. The summed E-state index contributed by atoms with van der Waals surface area (Å²) in [7, 11) is 1.50. The molecule has 1 aromatic heterocycles. The Hall–Kier alpha value is -2.27. The van der Waals surface area contributed by atoms with Gasteiger partial charge in [-0.25, -0.2) is 9.07 Å². The lowest BCUT2D eigenvalue weighted by atomic mass is 10.0. The fourth-order valence-corrected chi connectivity index (χ4v) is 3.14. The Morgan fingerprint density at radius 3 is 2.93 bits per heavy atom. The molecule has 2 atom stereocenters. The SMILES string of the molecule is COC(c1cn(CC2CCCCO2)nn1)c1cc(C#CC(C)(C)O)ccc1F. The lowest BCUT2D eigenvalue weighted by molar-refractivity contribution is 0.00368. The maximum Gasteiger partial charge on any atom is 0.130 e. The Balaban J connectivity index is 1.82. The topological polar surface area (TPSA) is 69.4 Å². The second-order valence-electron chi connectivity index (χ2n) is 7.52. The van der Waals surface area contributed by atoms with Gasteiger partial charge in [0.05, 0.1) is 18.8 Å². The molecule has 0 spiro atoms. The molecule has 1 aliphatic rings. The zero-order chi connectivity index (χ0) is 20.1. The summed E-state index contributed by atoms with van der Waals surface area (Å²) in [4.78, 5) is 0. The standard InChI is InChI=1S/C21H26FN3O3/c1-21(2,26)10-9-15-7-8-18(22)17(12-15)20(27-3)19-14-25(24-23-19)13-16-6-4-5-11-28-16/h7-8,12,14,16,20,26H,4-6,11,13H2,1-3H3. The van der Waals surface area contributed by atoms with Crippen LogP contribution in [0.4, 0.5) is 4.39 Å². The first-order chi connectivity index (χ1) is 13.4. The second-order valence-corrected chi connectivity index (χ2v) is 7.52. The van der Waals surface area contributed by atoms with Crippen molar-refractivity contribution in [2.45, 2.75) is 57.5 Å². The quantitative estimate of drug-likeness (QED) is 0.799. The molecule has 7 heteroatoms. The molecule has 0 bridgehead atoms. The highest BCUT2D eigenvalue weighted by Gasteiger charge is 2.22. The van der Waals surface area contributed by atoms with Crippen LogP contribution in [0.15, 0.2) is 24.4 Å². The Morgan fingerprint density at radius 1 is 1.43 bits per heavy atom. The molecule has 0 amide bonds. The van der Waals surface area contributed by atoms with E-state index in [-0.39, 0.29) is 6.10 Å². The van der Waals surface area contributed by atoms with Crippen LogP contribution in [0.1, 0.15) is 56.0 Å². The van der Waals surface area contributed by atoms with E-state index in [2.05, 4.69) is 22.2 Å². The van der Waals surface area contributed by atoms with Crippen molar-refractivity contribution in [2.24, 2.45) is 0 Å². The van der Waals surface area contributed by atoms with E-state index in [1.165, 1.54) is 13.2 Å². The Kier molecular flexibility index (Phi) is 6.45. The third-order valence-electron chi connectivity index (χ3n) is 4.52. The molecule has 1 aliphatic heterocycles. The third kappa shape index (κ3) is 5.38. The zero-order valence-electron chi connectivity index (χ0n) is 16.5. The molecule has 1 aromatic carbocycles. The van der Waals surface area contributed by atoms with Gasteiger partial charge in [-0.15, -0.1) is 5.10 Å². The van der Waals surface area contributed by atoms with Gasteiger partial charge in [0.2, 0.25) is 0 Å². The largest absolute Gasteiger partial charge is 0.378 e. The van der Waals surface area contributed by atoms with Crippen LogP contribution in [-0.4, -0.2) is 45.5 Å². The van der Waals surface area contributed by atoms with Gasteiger partial charge >= 0.3 is 0 Å². The molecule has 2 unspecified atom stereocenters. The predicted octanol–water partition coefficient (Wildman–Crippen LogP) is 2.84. The van der Waals surface area contributed by atoms with Crippen molar-refractivity contribution >= 4 is 0 Å². The average molecular weight is 387 g/mol. The van der Waals surface area contributed by atoms with Gasteiger partial charge in [-0.1, -0.05) is 17.1 Å². The van der Waals surface area contributed by atoms with Crippen LogP contribution in [0.2, 0.25) is 0 Å². The van der Waals surface area contributed by atoms with Gasteiger partial charge in [-0.3, -0.25) is 0 Å². The monoisotopic (exact) mass is 387 g/mol. The summed E-state index contributed by atoms with van der Waals surface area (Å²) < 4.78 is 27.5. The third-order valence-corrected chi connectivity index (χ3v) is 4.52. The van der Waals surface area contributed by atoms with E-state index in [0.717, 1.165) is 25.9 Å². The summed E-state index contributed by atoms with van der Waals surface area (Å²) in [5, 5.41) is 18.1. The Labute approximate surface area is 164 Å². The van der Waals surface area contributed by atoms with Gasteiger partial charge in [-0.2, -0.15) is 0 Å². The van der Waals surface area contributed by atoms with Crippen LogP contribution in [0.25, 0.3) is 0 Å². The minimum Gasteiger partial charge on any atom is -0.378 e. The molecule has 0 saturated carbocycles. The van der Waals surface area contributed by atoms with Gasteiger partial charge in [-0.05, 0) is 51.3 Å². The molecule has 1 N–H and O–H groups in total. The van der Waals surface area contributed by atoms with Crippen molar-refractivity contribution in [3.8, 4) is 11.8 Å². The highest BCUT2D eigenvalue weighted by Crippen LogP contribution is 2.27. The smallest absolute Gasteiger partial charge is 0.130 e. The normalized spacial score (nSPS) is 18.4. The lowest BCUT2D eigenvalue weighted by Crippen LogP contribution is -2.24. The number of hydrogen-bond donors (Lipinski definition) is 1. The van der Waals surface area contributed by atoms with E-state index in [4.69, 9.17) is 9.47 Å². The van der Waals surface area contributed by atoms with Crippen LogP contribution >= 0.6 is 0 Å². The number of methoxy groups -OCH3 is 1. The molecular formula is C21H26FN3O3. The van der Waals surface area contributed by atoms with E-state index < -0.39 is 17.5 Å². The van der Waals surface area contributed by atoms with Crippen molar-refractivity contribution < 1.29 is 19.0 Å². The van der Waals surface area contributed by atoms with Gasteiger partial charge in [0.1, 0.15) is 23.2 Å². The van der Waals surface area contributed by atoms with Crippen molar-refractivity contribution in [1.29, 1.82) is 0 Å². The molecule has 28 heavy (non-hydrogen) atoms. The molecular weight excluding hydrogens is 361 g/mol. The molecule has 1 fully saturated rings. The number of halogens is 1. The maximum absolute atomic E-state index is 14.5. The lowest BCUT2D eigenvalue weighted by Gasteiger charge is -2.22. The van der Waals surface area contributed by atoms with Gasteiger partial charge in [0, 0.05) is 24.8 Å². The average Bonchev–Trinajstić information content (AvgIpc) is 3.11. The molecule has 0 radical (unpaired) electrons. The maximum atomic E-state index is 14.5. The molecule has 1 saturated heterocycles. The van der Waals surface area contributed by atoms with Crippen LogP contribution in [-0.2, 0) is 16.0 Å². The van der Waals surface area contributed by atoms with E-state index in [1.807, 2.05) is 0 Å². The Bertz CT molecular complexity index is 858. The highest BCUT2D eigenvalue weighted by molar-refractivity contribution is 5.41. The van der Waals surface area contributed by atoms with Crippen molar-refractivity contribution in [3.63, 3.8) is 0 Å². The van der Waals surface area contributed by atoms with Crippen molar-refractivity contribution in [3.05, 3.63) is 47.0 Å². The number of rotatable bonds is 5. The van der Waals surface area contributed by atoms with Crippen LogP contribution < -0.4 is 0 Å². The zero-order valence-corrected chi connectivity index (χ0v) is 16.5. The van der Waals surface area contributed by atoms with Crippen LogP contribution in [0.3, 0.4) is 0 Å². The van der Waals surface area contributed by atoms with Crippen molar-refractivity contribution in [1.82, 2.24) is 15.0 Å². The number of hydrogen-bond acceptors (Lipinski definition) is 5. The summed E-state index contributed by atoms with van der Waals surface area (Å²) in [6, 6.07) is 4.53. The minimum absolute atomic E-state index is 0.126. The van der Waals surface area contributed by atoms with E-state index in [9.17, 15) is 9.50 Å². The van der Waals surface area contributed by atoms with Gasteiger partial charge in [0.15, 0.2) is 0 Å². The van der Waals surface area contributed by atoms with E-state index in [1.54, 1.807) is 36.9 Å². The first-order valence-corrected chi connectivity index (χ1v) is 9.45. The van der Waals surface area contributed by atoms with Gasteiger partial charge < -0.3 is 14.6 Å². The van der Waals surface area contributed by atoms with E-state index in [0.29, 0.717) is 23.4 Å². The summed E-state index contributed by atoms with van der Waals surface area (Å²) >= 11 is 0. The molecule has 3 rings (SSSR count). The number of ether oxygens (including phenoxy) is 2. The number of benzene rings is 1. The number of nitrogens with zero attached hydrogens (tertiary/aromatic N) is 3. The second kappa shape index (κ2) is 8.82. The summed E-state index contributed by atoms with van der Waals surface area (Å²) in [6.45, 7) is 4.58. The highest BCUT2D eigenvalue weighted by atomic mass is 19.1. The summed E-state index contributed by atoms with van der Waals surface area (Å²) in [6.07, 6.45) is 4.43. The number of aromatic nitrogens is 3. The molecule has 150 valence electrons. The fourth-order valence-electron chi connectivity index (χ4n) is 3.14. The minimum atomic E-state index is -1.13. The molecule has 6 nitrogen and oxygen atoms in total. The first-order valence-electron chi connectivity index (χ1n) is 9.45. The van der Waals surface area contributed by atoms with Crippen LogP contribution in [0.5, 0.6) is 0 Å². The van der Waals surface area contributed by atoms with Gasteiger partial charge in [0.25, 0.3) is 0 Å². The van der Waals surface area contributed by atoms with Crippen molar-refractivity contribution in [2.75, 3.05) is 13.7 Å². The van der Waals surface area contributed by atoms with Crippen LogP contribution in [0, 0.1) is 17.7 Å². The van der Waals surface area contributed by atoms with E-state index >= 15 is 0 Å². The fraction of sp³-hybridized carbons (Fsp3) is 0.524. The summed E-state index contributed by atoms with van der Waals surface area (Å²) in [5.74, 6) is 5.18. The molecule has 2 aromatic rings. The predicted molar refractivity (Wildman–Crippen MR) is 102 cm³/mol. The Morgan fingerprint density at radius 2 is 2.25 bits per heavy atom. The summed E-state index contributed by atoms with van der Waals surface area (Å²) in [5.41, 5.74) is 0.304. The molecule has 0 aliphatic carbocycles.